The van der Waals surface area contributed by atoms with Gasteiger partial charge in [0.25, 0.3) is 0 Å². The van der Waals surface area contributed by atoms with Crippen molar-refractivity contribution >= 4 is 64.8 Å². The van der Waals surface area contributed by atoms with Crippen molar-refractivity contribution in [3.8, 4) is 0 Å². The largest absolute Gasteiger partial charge is 0.451 e. The number of ether oxygens (including phenoxy) is 1. The third kappa shape index (κ3) is 5.90. The van der Waals surface area contributed by atoms with Crippen LogP contribution in [0.5, 0.6) is 0 Å². The smallest absolute Gasteiger partial charge is 0.334 e. The van der Waals surface area contributed by atoms with Crippen molar-refractivity contribution in [2.24, 2.45) is 0 Å². The van der Waals surface area contributed by atoms with Gasteiger partial charge in [-0.3, -0.25) is 4.79 Å². The van der Waals surface area contributed by atoms with Crippen LogP contribution in [0.4, 0.5) is 0 Å². The summed E-state index contributed by atoms with van der Waals surface area (Å²) in [4.78, 5) is 32.5. The molecule has 0 N–H and O–H groups in total. The number of benzene rings is 3. The zero-order valence-electron chi connectivity index (χ0n) is 20.0. The molecule has 0 bridgehead atoms. The molecule has 2 atom stereocenters. The van der Waals surface area contributed by atoms with Crippen molar-refractivity contribution in [3.63, 3.8) is 0 Å². The number of likely N-dealkylation sites (tertiary alicyclic amines) is 1. The van der Waals surface area contributed by atoms with Gasteiger partial charge in [0.05, 0.1) is 22.0 Å². The SMILES string of the molecule is C=C(C)C(C(=O)OC(c1ccccc1)c1ccccc1)N1C(=O)CC1SSSc1nc2ccccc2s1. The van der Waals surface area contributed by atoms with E-state index in [4.69, 9.17) is 4.74 Å². The Morgan fingerprint density at radius 3 is 2.24 bits per heavy atom. The zero-order valence-corrected chi connectivity index (χ0v) is 23.2. The highest BCUT2D eigenvalue weighted by Crippen LogP contribution is 2.49. The number of nitrogens with zero attached hydrogens (tertiary/aromatic N) is 2. The van der Waals surface area contributed by atoms with Crippen LogP contribution in [-0.2, 0) is 14.3 Å². The monoisotopic (exact) mass is 564 g/mol. The first-order valence-electron chi connectivity index (χ1n) is 11.6. The molecule has 1 amide bonds. The number of carbonyl (C=O) groups is 2. The summed E-state index contributed by atoms with van der Waals surface area (Å²) in [5.41, 5.74) is 3.29. The van der Waals surface area contributed by atoms with Gasteiger partial charge in [0.1, 0.15) is 0 Å². The summed E-state index contributed by atoms with van der Waals surface area (Å²) < 4.78 is 8.19. The summed E-state index contributed by atoms with van der Waals surface area (Å²) in [6.07, 6.45) is -0.209. The predicted octanol–water partition coefficient (Wildman–Crippen LogP) is 7.52. The van der Waals surface area contributed by atoms with E-state index in [1.54, 1.807) is 54.6 Å². The Kier molecular flexibility index (Phi) is 8.24. The molecular formula is C28H24N2O3S4. The first kappa shape index (κ1) is 25.9. The minimum absolute atomic E-state index is 0.0796. The van der Waals surface area contributed by atoms with Gasteiger partial charge in [0, 0.05) is 0 Å². The Bertz CT molecular complexity index is 1340. The molecule has 2 heterocycles. The van der Waals surface area contributed by atoms with Gasteiger partial charge in [-0.05, 0) is 56.4 Å². The third-order valence-corrected chi connectivity index (χ3v) is 11.4. The summed E-state index contributed by atoms with van der Waals surface area (Å²) >= 11 is 1.64. The molecule has 37 heavy (non-hydrogen) atoms. The second-order valence-corrected chi connectivity index (χ2v) is 14.0. The van der Waals surface area contributed by atoms with Crippen molar-refractivity contribution in [1.29, 1.82) is 0 Å². The number of hydrogen-bond donors (Lipinski definition) is 0. The van der Waals surface area contributed by atoms with E-state index in [2.05, 4.69) is 17.6 Å². The zero-order chi connectivity index (χ0) is 25.8. The molecule has 1 aliphatic rings. The molecule has 1 saturated heterocycles. The Balaban J connectivity index is 1.28. The second kappa shape index (κ2) is 11.8. The van der Waals surface area contributed by atoms with Crippen molar-refractivity contribution < 1.29 is 14.3 Å². The van der Waals surface area contributed by atoms with Crippen LogP contribution in [-0.4, -0.2) is 33.2 Å². The quantitative estimate of drug-likeness (QED) is 0.0854. The third-order valence-electron chi connectivity index (χ3n) is 5.88. The first-order valence-corrected chi connectivity index (χ1v) is 16.0. The molecule has 1 aliphatic heterocycles. The first-order chi connectivity index (χ1) is 18.0. The van der Waals surface area contributed by atoms with Crippen molar-refractivity contribution in [1.82, 2.24) is 9.88 Å². The topological polar surface area (TPSA) is 59.5 Å². The van der Waals surface area contributed by atoms with Crippen LogP contribution >= 0.6 is 42.8 Å². The number of aromatic nitrogens is 1. The number of hydrogen-bond acceptors (Lipinski definition) is 8. The maximum absolute atomic E-state index is 13.6. The molecule has 0 radical (unpaired) electrons. The highest BCUT2D eigenvalue weighted by molar-refractivity contribution is 9.09. The second-order valence-electron chi connectivity index (χ2n) is 8.54. The Labute approximate surface area is 231 Å². The fourth-order valence-electron chi connectivity index (χ4n) is 4.09. The minimum atomic E-state index is -0.846. The molecule has 0 spiro atoms. The van der Waals surface area contributed by atoms with E-state index in [1.807, 2.05) is 78.9 Å². The van der Waals surface area contributed by atoms with Crippen LogP contribution in [0.2, 0.25) is 0 Å². The lowest BCUT2D eigenvalue weighted by molar-refractivity contribution is -0.162. The van der Waals surface area contributed by atoms with Crippen LogP contribution in [0.3, 0.4) is 0 Å². The fraction of sp³-hybridized carbons (Fsp3) is 0.179. The normalized spacial score (nSPS) is 16.0. The van der Waals surface area contributed by atoms with E-state index < -0.39 is 18.1 Å². The average molecular weight is 565 g/mol. The van der Waals surface area contributed by atoms with Crippen LogP contribution in [0.1, 0.15) is 30.6 Å². The molecule has 5 nitrogen and oxygen atoms in total. The van der Waals surface area contributed by atoms with Gasteiger partial charge < -0.3 is 9.64 Å². The number of rotatable bonds is 10. The molecule has 4 aromatic rings. The number of carbonyl (C=O) groups excluding carboxylic acids is 2. The molecule has 1 aromatic heterocycles. The van der Waals surface area contributed by atoms with Crippen molar-refractivity contribution in [2.45, 2.75) is 35.2 Å². The summed E-state index contributed by atoms with van der Waals surface area (Å²) in [6.45, 7) is 5.80. The summed E-state index contributed by atoms with van der Waals surface area (Å²) in [5, 5.41) is -0.152. The number of thiazole rings is 1. The summed E-state index contributed by atoms with van der Waals surface area (Å²) in [5.74, 6) is -0.559. The maximum Gasteiger partial charge on any atom is 0.334 e. The lowest BCUT2D eigenvalue weighted by atomic mass is 10.00. The van der Waals surface area contributed by atoms with Gasteiger partial charge in [-0.25, -0.2) is 9.78 Å². The molecule has 188 valence electrons. The molecule has 1 fully saturated rings. The minimum Gasteiger partial charge on any atom is -0.451 e. The van der Waals surface area contributed by atoms with E-state index in [0.29, 0.717) is 12.0 Å². The van der Waals surface area contributed by atoms with Crippen molar-refractivity contribution in [3.05, 3.63) is 108 Å². The van der Waals surface area contributed by atoms with Gasteiger partial charge in [-0.1, -0.05) is 90.2 Å². The van der Waals surface area contributed by atoms with Crippen molar-refractivity contribution in [2.75, 3.05) is 0 Å². The summed E-state index contributed by atoms with van der Waals surface area (Å²) in [7, 11) is 4.69. The highest BCUT2D eigenvalue weighted by atomic mass is 33.5. The van der Waals surface area contributed by atoms with Gasteiger partial charge in [-0.15, -0.1) is 11.3 Å². The van der Waals surface area contributed by atoms with Crippen LogP contribution in [0.25, 0.3) is 10.2 Å². The van der Waals surface area contributed by atoms with E-state index in [9.17, 15) is 9.59 Å². The number of esters is 1. The number of fused-ring (bicyclic) bond motifs is 1. The Hall–Kier alpha value is -2.72. The Morgan fingerprint density at radius 2 is 1.65 bits per heavy atom. The van der Waals surface area contributed by atoms with E-state index in [0.717, 1.165) is 25.7 Å². The molecular weight excluding hydrogens is 541 g/mol. The van der Waals surface area contributed by atoms with Crippen LogP contribution in [0, 0.1) is 0 Å². The standard InChI is InChI=1S/C28H24N2O3S4/c1-18(2)25(27(32)33-26(19-11-5-3-6-12-19)20-13-7-4-8-14-20)30-23(31)17-24(30)35-37-36-28-29-21-15-9-10-16-22(21)34-28/h3-16,24-26H,1,17H2,2H3. The lowest BCUT2D eigenvalue weighted by Crippen LogP contribution is -2.59. The van der Waals surface area contributed by atoms with E-state index >= 15 is 0 Å². The van der Waals surface area contributed by atoms with Gasteiger partial charge >= 0.3 is 5.97 Å². The van der Waals surface area contributed by atoms with Gasteiger partial charge in [-0.2, -0.15) is 0 Å². The molecule has 3 aromatic carbocycles. The van der Waals surface area contributed by atoms with Gasteiger partial charge in [0.15, 0.2) is 16.5 Å². The summed E-state index contributed by atoms with van der Waals surface area (Å²) in [6, 6.07) is 26.5. The van der Waals surface area contributed by atoms with E-state index in [1.165, 1.54) is 0 Å². The number of β-lactam (4-membered cyclic amide) rings is 1. The Morgan fingerprint density at radius 1 is 1.03 bits per heavy atom. The maximum atomic E-state index is 13.6. The average Bonchev–Trinajstić information content (AvgIpc) is 3.33. The fourth-order valence-corrected chi connectivity index (χ4v) is 9.97. The van der Waals surface area contributed by atoms with Crippen LogP contribution < -0.4 is 0 Å². The van der Waals surface area contributed by atoms with Gasteiger partial charge in [0.2, 0.25) is 5.91 Å². The molecule has 0 saturated carbocycles. The molecule has 5 rings (SSSR count). The highest BCUT2D eigenvalue weighted by Gasteiger charge is 2.46. The van der Waals surface area contributed by atoms with Crippen LogP contribution in [0.15, 0.2) is 101 Å². The van der Waals surface area contributed by atoms with E-state index in [-0.39, 0.29) is 11.3 Å². The molecule has 9 heteroatoms. The molecule has 0 aliphatic carbocycles. The lowest BCUT2D eigenvalue weighted by Gasteiger charge is -2.44. The number of amides is 1. The number of para-hydroxylation sites is 1. The predicted molar refractivity (Wildman–Crippen MR) is 155 cm³/mol. The molecule has 2 unspecified atom stereocenters.